The van der Waals surface area contributed by atoms with Crippen LogP contribution < -0.4 is 14.8 Å². The molecule has 28 heavy (non-hydrogen) atoms. The average Bonchev–Trinajstić information content (AvgIpc) is 2.71. The molecule has 0 aromatic heterocycles. The van der Waals surface area contributed by atoms with Crippen LogP contribution in [-0.2, 0) is 20.9 Å². The molecule has 8 heteroatoms. The molecule has 0 atom stereocenters. The third-order valence-electron chi connectivity index (χ3n) is 3.49. The summed E-state index contributed by atoms with van der Waals surface area (Å²) in [5.74, 6) is -0.724. The lowest BCUT2D eigenvalue weighted by Crippen LogP contribution is -2.34. The zero-order chi connectivity index (χ0) is 20.4. The molecule has 2 amide bonds. The average molecular weight is 387 g/mol. The van der Waals surface area contributed by atoms with E-state index < -0.39 is 24.6 Å². The lowest BCUT2D eigenvalue weighted by atomic mass is 10.2. The van der Waals surface area contributed by atoms with Gasteiger partial charge < -0.3 is 18.9 Å². The van der Waals surface area contributed by atoms with Crippen molar-refractivity contribution in [2.75, 3.05) is 20.3 Å². The Bertz CT molecular complexity index is 821. The van der Waals surface area contributed by atoms with Gasteiger partial charge in [-0.2, -0.15) is 0 Å². The maximum absolute atomic E-state index is 12.1. The molecule has 2 aromatic carbocycles. The summed E-state index contributed by atoms with van der Waals surface area (Å²) in [7, 11) is 1.45. The van der Waals surface area contributed by atoms with Crippen LogP contribution in [0.25, 0.3) is 0 Å². The first-order valence-electron chi connectivity index (χ1n) is 8.52. The smallest absolute Gasteiger partial charge is 0.413 e. The van der Waals surface area contributed by atoms with Gasteiger partial charge in [-0.3, -0.25) is 10.1 Å². The van der Waals surface area contributed by atoms with Gasteiger partial charge in [0.05, 0.1) is 19.3 Å². The fourth-order valence-corrected chi connectivity index (χ4v) is 2.18. The summed E-state index contributed by atoms with van der Waals surface area (Å²) in [5, 5.41) is 1.93. The largest absolute Gasteiger partial charge is 0.493 e. The molecule has 0 aliphatic carbocycles. The fourth-order valence-electron chi connectivity index (χ4n) is 2.18. The Hall–Kier alpha value is -3.55. The molecule has 0 saturated carbocycles. The number of benzene rings is 2. The number of hydrogen-bond donors (Lipinski definition) is 1. The maximum atomic E-state index is 12.1. The summed E-state index contributed by atoms with van der Waals surface area (Å²) >= 11 is 0. The zero-order valence-corrected chi connectivity index (χ0v) is 15.6. The van der Waals surface area contributed by atoms with Crippen LogP contribution in [0.3, 0.4) is 0 Å². The Labute approximate surface area is 162 Å². The number of methoxy groups -OCH3 is 1. The second-order valence-electron chi connectivity index (χ2n) is 5.48. The first-order valence-corrected chi connectivity index (χ1v) is 8.52. The van der Waals surface area contributed by atoms with E-state index in [0.717, 1.165) is 5.56 Å². The second-order valence-corrected chi connectivity index (χ2v) is 5.48. The number of hydrogen-bond acceptors (Lipinski definition) is 7. The standard InChI is InChI=1S/C20H21NO7/c1-3-26-20(24)21-18(22)13-28-19(23)15-9-10-16(17(11-15)25-2)27-12-14-7-5-4-6-8-14/h4-11H,3,12-13H2,1-2H3,(H,21,22,24). The number of imide groups is 1. The summed E-state index contributed by atoms with van der Waals surface area (Å²) in [6.45, 7) is 1.45. The number of ether oxygens (including phenoxy) is 4. The van der Waals surface area contributed by atoms with Crippen molar-refractivity contribution in [3.63, 3.8) is 0 Å². The van der Waals surface area contributed by atoms with Crippen LogP contribution in [0.5, 0.6) is 11.5 Å². The van der Waals surface area contributed by atoms with E-state index in [2.05, 4.69) is 4.74 Å². The van der Waals surface area contributed by atoms with Crippen molar-refractivity contribution in [1.82, 2.24) is 5.32 Å². The van der Waals surface area contributed by atoms with E-state index in [1.807, 2.05) is 35.6 Å². The Morgan fingerprint density at radius 3 is 2.39 bits per heavy atom. The Morgan fingerprint density at radius 2 is 1.71 bits per heavy atom. The Balaban J connectivity index is 1.93. The van der Waals surface area contributed by atoms with Crippen LogP contribution in [0.2, 0.25) is 0 Å². The fraction of sp³-hybridized carbons (Fsp3) is 0.250. The van der Waals surface area contributed by atoms with Crippen LogP contribution >= 0.6 is 0 Å². The van der Waals surface area contributed by atoms with Crippen LogP contribution in [0.1, 0.15) is 22.8 Å². The predicted molar refractivity (Wildman–Crippen MR) is 99.2 cm³/mol. The number of nitrogens with one attached hydrogen (secondary N) is 1. The molecule has 0 heterocycles. The third kappa shape index (κ3) is 6.31. The van der Waals surface area contributed by atoms with Crippen molar-refractivity contribution in [2.45, 2.75) is 13.5 Å². The SMILES string of the molecule is CCOC(=O)NC(=O)COC(=O)c1ccc(OCc2ccccc2)c(OC)c1. The van der Waals surface area contributed by atoms with Gasteiger partial charge in [0.25, 0.3) is 5.91 Å². The molecular weight excluding hydrogens is 366 g/mol. The van der Waals surface area contributed by atoms with Crippen molar-refractivity contribution in [2.24, 2.45) is 0 Å². The molecule has 0 unspecified atom stereocenters. The van der Waals surface area contributed by atoms with Gasteiger partial charge in [0.15, 0.2) is 18.1 Å². The van der Waals surface area contributed by atoms with Crippen molar-refractivity contribution in [3.8, 4) is 11.5 Å². The summed E-state index contributed by atoms with van der Waals surface area (Å²) in [6, 6.07) is 14.1. The van der Waals surface area contributed by atoms with Crippen molar-refractivity contribution in [1.29, 1.82) is 0 Å². The molecule has 0 aliphatic rings. The lowest BCUT2D eigenvalue weighted by molar-refractivity contribution is -0.123. The van der Waals surface area contributed by atoms with Gasteiger partial charge >= 0.3 is 12.1 Å². The van der Waals surface area contributed by atoms with Crippen LogP contribution in [0, 0.1) is 0 Å². The number of carbonyl (C=O) groups is 3. The quantitative estimate of drug-likeness (QED) is 0.695. The predicted octanol–water partition coefficient (Wildman–Crippen LogP) is 2.70. The van der Waals surface area contributed by atoms with E-state index in [1.165, 1.54) is 19.2 Å². The molecule has 2 aromatic rings. The van der Waals surface area contributed by atoms with Crippen LogP contribution in [0.4, 0.5) is 4.79 Å². The highest BCUT2D eigenvalue weighted by atomic mass is 16.6. The van der Waals surface area contributed by atoms with Gasteiger partial charge in [0.1, 0.15) is 6.61 Å². The minimum absolute atomic E-state index is 0.122. The van der Waals surface area contributed by atoms with Crippen molar-refractivity contribution < 1.29 is 33.3 Å². The summed E-state index contributed by atoms with van der Waals surface area (Å²) in [4.78, 5) is 34.8. The number of alkyl carbamates (subject to hydrolysis) is 1. The van der Waals surface area contributed by atoms with Gasteiger partial charge in [0.2, 0.25) is 0 Å². The van der Waals surface area contributed by atoms with Crippen molar-refractivity contribution in [3.05, 3.63) is 59.7 Å². The topological polar surface area (TPSA) is 100 Å². The normalized spacial score (nSPS) is 9.93. The number of amides is 2. The van der Waals surface area contributed by atoms with E-state index in [1.54, 1.807) is 13.0 Å². The molecule has 0 aliphatic heterocycles. The zero-order valence-electron chi connectivity index (χ0n) is 15.6. The summed E-state index contributed by atoms with van der Waals surface area (Å²) in [5.41, 5.74) is 1.16. The van der Waals surface area contributed by atoms with E-state index in [-0.39, 0.29) is 12.2 Å². The Kier molecular flexibility index (Phi) is 7.83. The van der Waals surface area contributed by atoms with E-state index >= 15 is 0 Å². The van der Waals surface area contributed by atoms with Crippen LogP contribution in [0.15, 0.2) is 48.5 Å². The number of rotatable bonds is 8. The molecule has 1 N–H and O–H groups in total. The van der Waals surface area contributed by atoms with Gasteiger partial charge in [-0.05, 0) is 30.7 Å². The molecule has 2 rings (SSSR count). The molecule has 0 fully saturated rings. The lowest BCUT2D eigenvalue weighted by Gasteiger charge is -2.12. The summed E-state index contributed by atoms with van der Waals surface area (Å²) in [6.07, 6.45) is -0.898. The first kappa shape index (κ1) is 20.8. The molecule has 0 spiro atoms. The molecule has 0 radical (unpaired) electrons. The van der Waals surface area contributed by atoms with Crippen LogP contribution in [-0.4, -0.2) is 38.3 Å². The molecule has 0 bridgehead atoms. The number of carbonyl (C=O) groups excluding carboxylic acids is 3. The minimum atomic E-state index is -0.898. The first-order chi connectivity index (χ1) is 13.5. The van der Waals surface area contributed by atoms with E-state index in [4.69, 9.17) is 14.2 Å². The molecule has 0 saturated heterocycles. The monoisotopic (exact) mass is 387 g/mol. The van der Waals surface area contributed by atoms with Gasteiger partial charge in [-0.15, -0.1) is 0 Å². The highest BCUT2D eigenvalue weighted by Gasteiger charge is 2.15. The Morgan fingerprint density at radius 1 is 0.964 bits per heavy atom. The molecule has 148 valence electrons. The van der Waals surface area contributed by atoms with E-state index in [9.17, 15) is 14.4 Å². The van der Waals surface area contributed by atoms with Gasteiger partial charge in [-0.25, -0.2) is 9.59 Å². The molecule has 8 nitrogen and oxygen atoms in total. The highest BCUT2D eigenvalue weighted by Crippen LogP contribution is 2.29. The highest BCUT2D eigenvalue weighted by molar-refractivity contribution is 5.95. The third-order valence-corrected chi connectivity index (χ3v) is 3.49. The van der Waals surface area contributed by atoms with Crippen molar-refractivity contribution >= 4 is 18.0 Å². The number of esters is 1. The second kappa shape index (κ2) is 10.6. The molecular formula is C20H21NO7. The van der Waals surface area contributed by atoms with Gasteiger partial charge in [-0.1, -0.05) is 30.3 Å². The van der Waals surface area contributed by atoms with Gasteiger partial charge in [0, 0.05) is 0 Å². The summed E-state index contributed by atoms with van der Waals surface area (Å²) < 4.78 is 20.4. The van der Waals surface area contributed by atoms with E-state index in [0.29, 0.717) is 18.1 Å². The maximum Gasteiger partial charge on any atom is 0.413 e. The minimum Gasteiger partial charge on any atom is -0.493 e.